The Morgan fingerprint density at radius 2 is 2.11 bits per heavy atom. The lowest BCUT2D eigenvalue weighted by Crippen LogP contribution is -2.37. The molecule has 1 aromatic rings. The van der Waals surface area contributed by atoms with Crippen LogP contribution < -0.4 is 0 Å². The average Bonchev–Trinajstić information content (AvgIpc) is 2.74. The van der Waals surface area contributed by atoms with Crippen LogP contribution in [0.15, 0.2) is 22.7 Å². The molecule has 102 valence electrons. The highest BCUT2D eigenvalue weighted by Crippen LogP contribution is 2.29. The molecule has 0 saturated carbocycles. The molecule has 0 aromatic heterocycles. The summed E-state index contributed by atoms with van der Waals surface area (Å²) in [6, 6.07) is 5.26. The van der Waals surface area contributed by atoms with Crippen LogP contribution in [-0.4, -0.2) is 34.5 Å². The molecule has 1 aliphatic rings. The summed E-state index contributed by atoms with van der Waals surface area (Å²) in [6.07, 6.45) is 0.520. The van der Waals surface area contributed by atoms with Crippen molar-refractivity contribution in [3.63, 3.8) is 0 Å². The van der Waals surface area contributed by atoms with E-state index in [-0.39, 0.29) is 11.9 Å². The van der Waals surface area contributed by atoms with Crippen molar-refractivity contribution in [2.45, 2.75) is 26.3 Å². The van der Waals surface area contributed by atoms with Gasteiger partial charge in [-0.3, -0.25) is 9.59 Å². The maximum absolute atomic E-state index is 12.5. The summed E-state index contributed by atoms with van der Waals surface area (Å²) in [6.45, 7) is 4.22. The van der Waals surface area contributed by atoms with Gasteiger partial charge in [0.15, 0.2) is 0 Å². The third-order valence-electron chi connectivity index (χ3n) is 3.76. The van der Waals surface area contributed by atoms with Gasteiger partial charge in [0, 0.05) is 17.1 Å². The van der Waals surface area contributed by atoms with Crippen LogP contribution in [0.25, 0.3) is 0 Å². The van der Waals surface area contributed by atoms with Crippen molar-refractivity contribution in [3.8, 4) is 0 Å². The molecule has 5 heteroatoms. The Morgan fingerprint density at radius 1 is 1.42 bits per heavy atom. The van der Waals surface area contributed by atoms with Crippen molar-refractivity contribution in [1.82, 2.24) is 4.90 Å². The quantitative estimate of drug-likeness (QED) is 0.909. The number of carbonyl (C=O) groups excluding carboxylic acids is 1. The number of carboxylic acids is 1. The molecule has 4 nitrogen and oxygen atoms in total. The molecule has 0 aliphatic carbocycles. The number of halogens is 1. The molecule has 1 aliphatic heterocycles. The van der Waals surface area contributed by atoms with Crippen LogP contribution in [0.5, 0.6) is 0 Å². The van der Waals surface area contributed by atoms with Gasteiger partial charge in [-0.05, 0) is 47.8 Å². The zero-order chi connectivity index (χ0) is 14.2. The first-order valence-electron chi connectivity index (χ1n) is 6.22. The minimum absolute atomic E-state index is 0.105. The van der Waals surface area contributed by atoms with E-state index in [1.165, 1.54) is 0 Å². The lowest BCUT2D eigenvalue weighted by molar-refractivity contribution is -0.142. The first-order chi connectivity index (χ1) is 8.93. The molecule has 0 spiro atoms. The van der Waals surface area contributed by atoms with Crippen molar-refractivity contribution in [2.24, 2.45) is 5.92 Å². The summed E-state index contributed by atoms with van der Waals surface area (Å²) in [4.78, 5) is 25.2. The van der Waals surface area contributed by atoms with Gasteiger partial charge in [0.25, 0.3) is 5.91 Å². The molecule has 1 N–H and O–H groups in total. The number of hydrogen-bond donors (Lipinski definition) is 1. The van der Waals surface area contributed by atoms with E-state index in [1.807, 2.05) is 19.1 Å². The van der Waals surface area contributed by atoms with Crippen molar-refractivity contribution in [3.05, 3.63) is 33.8 Å². The van der Waals surface area contributed by atoms with Crippen LogP contribution in [0.3, 0.4) is 0 Å². The minimum atomic E-state index is -0.828. The van der Waals surface area contributed by atoms with Crippen LogP contribution in [0.4, 0.5) is 0 Å². The topological polar surface area (TPSA) is 57.6 Å². The van der Waals surface area contributed by atoms with Crippen LogP contribution in [0, 0.1) is 12.8 Å². The van der Waals surface area contributed by atoms with Gasteiger partial charge >= 0.3 is 5.97 Å². The Kier molecular flexibility index (Phi) is 3.94. The average molecular weight is 326 g/mol. The number of carboxylic acid groups (broad SMARTS) is 1. The molecular formula is C14H16BrNO3. The number of nitrogens with zero attached hydrogens (tertiary/aromatic N) is 1. The number of aliphatic carboxylic acids is 1. The Morgan fingerprint density at radius 3 is 2.68 bits per heavy atom. The third kappa shape index (κ3) is 2.52. The van der Waals surface area contributed by atoms with E-state index < -0.39 is 11.9 Å². The first kappa shape index (κ1) is 14.1. The van der Waals surface area contributed by atoms with Gasteiger partial charge in [-0.1, -0.05) is 12.1 Å². The molecule has 1 heterocycles. The largest absolute Gasteiger partial charge is 0.481 e. The number of aryl methyl sites for hydroxylation is 1. The summed E-state index contributed by atoms with van der Waals surface area (Å²) in [5.74, 6) is -1.40. The number of carbonyl (C=O) groups is 2. The predicted molar refractivity (Wildman–Crippen MR) is 75.1 cm³/mol. The highest BCUT2D eigenvalue weighted by Gasteiger charge is 2.38. The fourth-order valence-electron chi connectivity index (χ4n) is 2.52. The van der Waals surface area contributed by atoms with Gasteiger partial charge < -0.3 is 10.0 Å². The minimum Gasteiger partial charge on any atom is -0.481 e. The third-order valence-corrected chi connectivity index (χ3v) is 4.81. The van der Waals surface area contributed by atoms with Gasteiger partial charge in [0.2, 0.25) is 0 Å². The maximum Gasteiger partial charge on any atom is 0.308 e. The SMILES string of the molecule is Cc1cccc(C(=O)N2CCC(C(=O)O)C2C)c1Br. The van der Waals surface area contributed by atoms with Gasteiger partial charge in [-0.25, -0.2) is 0 Å². The van der Waals surface area contributed by atoms with E-state index in [1.54, 1.807) is 17.9 Å². The van der Waals surface area contributed by atoms with Crippen molar-refractivity contribution in [1.29, 1.82) is 0 Å². The molecular weight excluding hydrogens is 310 g/mol. The van der Waals surface area contributed by atoms with Gasteiger partial charge in [0.1, 0.15) is 0 Å². The highest BCUT2D eigenvalue weighted by molar-refractivity contribution is 9.10. The molecule has 1 aromatic carbocycles. The lowest BCUT2D eigenvalue weighted by atomic mass is 10.0. The fourth-order valence-corrected chi connectivity index (χ4v) is 2.96. The summed E-state index contributed by atoms with van der Waals surface area (Å²) < 4.78 is 0.783. The maximum atomic E-state index is 12.5. The number of rotatable bonds is 2. The predicted octanol–water partition coefficient (Wildman–Crippen LogP) is 2.69. The zero-order valence-corrected chi connectivity index (χ0v) is 12.5. The van der Waals surface area contributed by atoms with E-state index in [9.17, 15) is 9.59 Å². The first-order valence-corrected chi connectivity index (χ1v) is 7.01. The Labute approximate surface area is 120 Å². The normalized spacial score (nSPS) is 22.6. The lowest BCUT2D eigenvalue weighted by Gasteiger charge is -2.24. The van der Waals surface area contributed by atoms with Crippen LogP contribution >= 0.6 is 15.9 Å². The van der Waals surface area contributed by atoms with E-state index in [4.69, 9.17) is 5.11 Å². The standard InChI is InChI=1S/C14H16BrNO3/c1-8-4-3-5-11(12(8)15)13(17)16-7-6-10(9(16)2)14(18)19/h3-5,9-10H,6-7H2,1-2H3,(H,18,19). The van der Waals surface area contributed by atoms with Crippen molar-refractivity contribution >= 4 is 27.8 Å². The summed E-state index contributed by atoms with van der Waals surface area (Å²) in [5.41, 5.74) is 1.59. The van der Waals surface area contributed by atoms with E-state index in [0.29, 0.717) is 18.5 Å². The van der Waals surface area contributed by atoms with Crippen molar-refractivity contribution in [2.75, 3.05) is 6.54 Å². The monoisotopic (exact) mass is 325 g/mol. The number of hydrogen-bond acceptors (Lipinski definition) is 2. The zero-order valence-electron chi connectivity index (χ0n) is 10.9. The number of benzene rings is 1. The van der Waals surface area contributed by atoms with Gasteiger partial charge in [0.05, 0.1) is 11.5 Å². The molecule has 0 bridgehead atoms. The van der Waals surface area contributed by atoms with Crippen LogP contribution in [0.1, 0.15) is 29.3 Å². The van der Waals surface area contributed by atoms with Crippen LogP contribution in [-0.2, 0) is 4.79 Å². The Balaban J connectivity index is 2.26. The molecule has 1 fully saturated rings. The van der Waals surface area contributed by atoms with Gasteiger partial charge in [-0.2, -0.15) is 0 Å². The molecule has 1 saturated heterocycles. The second-order valence-electron chi connectivity index (χ2n) is 4.91. The fraction of sp³-hybridized carbons (Fsp3) is 0.429. The van der Waals surface area contributed by atoms with E-state index in [2.05, 4.69) is 15.9 Å². The molecule has 19 heavy (non-hydrogen) atoms. The smallest absolute Gasteiger partial charge is 0.308 e. The second-order valence-corrected chi connectivity index (χ2v) is 5.70. The van der Waals surface area contributed by atoms with Gasteiger partial charge in [-0.15, -0.1) is 0 Å². The molecule has 1 amide bonds. The summed E-state index contributed by atoms with van der Waals surface area (Å²) in [7, 11) is 0. The number of likely N-dealkylation sites (tertiary alicyclic amines) is 1. The molecule has 2 unspecified atom stereocenters. The second kappa shape index (κ2) is 5.33. The summed E-state index contributed by atoms with van der Waals surface area (Å²) in [5, 5.41) is 9.11. The Hall–Kier alpha value is -1.36. The van der Waals surface area contributed by atoms with E-state index >= 15 is 0 Å². The summed E-state index contributed by atoms with van der Waals surface area (Å²) >= 11 is 3.43. The highest BCUT2D eigenvalue weighted by atomic mass is 79.9. The van der Waals surface area contributed by atoms with E-state index in [0.717, 1.165) is 10.0 Å². The molecule has 0 radical (unpaired) electrons. The number of amides is 1. The van der Waals surface area contributed by atoms with Crippen molar-refractivity contribution < 1.29 is 14.7 Å². The molecule has 2 rings (SSSR count). The molecule has 2 atom stereocenters. The Bertz CT molecular complexity index is 529. The van der Waals surface area contributed by atoms with Crippen LogP contribution in [0.2, 0.25) is 0 Å².